The minimum Gasteiger partial charge on any atom is -0.281 e. The standard InChI is InChI=1S/C22H25N5O3S/c1-14-13-19(26-31(29,30)16-11-9-15(10-12-16)22(2,3)4)27(25-14)20-17-7-5-6-8-18(17)21(28)24-23-20/h5-13,18,23,26H,1-4H3,(H,24,28). The van der Waals surface area contributed by atoms with Crippen molar-refractivity contribution in [3.8, 4) is 0 Å². The van der Waals surface area contributed by atoms with E-state index < -0.39 is 15.9 Å². The summed E-state index contributed by atoms with van der Waals surface area (Å²) in [6.45, 7) is 7.99. The van der Waals surface area contributed by atoms with Crippen LogP contribution in [0.5, 0.6) is 0 Å². The maximum Gasteiger partial charge on any atom is 0.263 e. The van der Waals surface area contributed by atoms with E-state index in [2.05, 4.69) is 41.4 Å². The summed E-state index contributed by atoms with van der Waals surface area (Å²) in [5.74, 6) is 0.0915. The molecule has 8 nitrogen and oxygen atoms in total. The van der Waals surface area contributed by atoms with Crippen molar-refractivity contribution in [3.63, 3.8) is 0 Å². The third-order valence-corrected chi connectivity index (χ3v) is 6.57. The van der Waals surface area contributed by atoms with Crippen molar-refractivity contribution in [2.24, 2.45) is 5.92 Å². The van der Waals surface area contributed by atoms with Crippen molar-refractivity contribution in [1.82, 2.24) is 20.6 Å². The molecule has 1 unspecified atom stereocenters. The van der Waals surface area contributed by atoms with E-state index in [4.69, 9.17) is 0 Å². The Hall–Kier alpha value is -3.33. The van der Waals surface area contributed by atoms with E-state index in [9.17, 15) is 13.2 Å². The molecule has 0 fully saturated rings. The molecule has 1 aliphatic carbocycles. The summed E-state index contributed by atoms with van der Waals surface area (Å²) in [5, 5.41) is 4.43. The van der Waals surface area contributed by atoms with Gasteiger partial charge in [-0.25, -0.2) is 8.42 Å². The molecule has 2 heterocycles. The van der Waals surface area contributed by atoms with Gasteiger partial charge in [0.05, 0.1) is 16.5 Å². The number of allylic oxidation sites excluding steroid dienone is 3. The maximum absolute atomic E-state index is 13.1. The van der Waals surface area contributed by atoms with Gasteiger partial charge in [-0.15, -0.1) is 0 Å². The molecular weight excluding hydrogens is 414 g/mol. The zero-order valence-corrected chi connectivity index (χ0v) is 18.6. The summed E-state index contributed by atoms with van der Waals surface area (Å²) in [6.07, 6.45) is 7.22. The van der Waals surface area contributed by atoms with Crippen LogP contribution in [0.1, 0.15) is 32.0 Å². The number of carbonyl (C=O) groups excluding carboxylic acids is 1. The number of carbonyl (C=O) groups is 1. The Labute approximate surface area is 181 Å². The van der Waals surface area contributed by atoms with E-state index in [0.29, 0.717) is 17.1 Å². The van der Waals surface area contributed by atoms with E-state index in [1.54, 1.807) is 37.3 Å². The van der Waals surface area contributed by atoms with Gasteiger partial charge in [-0.05, 0) is 30.0 Å². The van der Waals surface area contributed by atoms with Gasteiger partial charge in [-0.3, -0.25) is 20.4 Å². The molecular formula is C22H25N5O3S. The number of nitrogens with one attached hydrogen (secondary N) is 3. The lowest BCUT2D eigenvalue weighted by atomic mass is 9.87. The predicted octanol–water partition coefficient (Wildman–Crippen LogP) is 2.84. The molecule has 9 heteroatoms. The number of hydrogen-bond donors (Lipinski definition) is 3. The highest BCUT2D eigenvalue weighted by Gasteiger charge is 2.30. The number of aryl methyl sites for hydroxylation is 1. The van der Waals surface area contributed by atoms with Gasteiger partial charge in [0.2, 0.25) is 5.91 Å². The van der Waals surface area contributed by atoms with E-state index >= 15 is 0 Å². The van der Waals surface area contributed by atoms with Gasteiger partial charge in [-0.1, -0.05) is 57.2 Å². The molecule has 0 saturated heterocycles. The first-order chi connectivity index (χ1) is 14.6. The molecule has 1 aromatic carbocycles. The fraction of sp³-hybridized carbons (Fsp3) is 0.273. The third kappa shape index (κ3) is 4.00. The van der Waals surface area contributed by atoms with Crippen molar-refractivity contribution in [1.29, 1.82) is 0 Å². The number of hydrogen-bond acceptors (Lipinski definition) is 5. The number of hydrazine groups is 1. The first-order valence-corrected chi connectivity index (χ1v) is 11.4. The highest BCUT2D eigenvalue weighted by molar-refractivity contribution is 7.92. The molecule has 4 rings (SSSR count). The molecule has 2 aromatic rings. The van der Waals surface area contributed by atoms with Crippen molar-refractivity contribution in [3.05, 3.63) is 71.5 Å². The summed E-state index contributed by atoms with van der Waals surface area (Å²) in [5.41, 5.74) is 7.75. The van der Waals surface area contributed by atoms with E-state index in [-0.39, 0.29) is 22.0 Å². The Bertz CT molecular complexity index is 1230. The molecule has 0 spiro atoms. The van der Waals surface area contributed by atoms with Gasteiger partial charge in [0.25, 0.3) is 10.0 Å². The molecule has 1 aliphatic heterocycles. The number of aromatic nitrogens is 2. The van der Waals surface area contributed by atoms with Crippen LogP contribution in [-0.2, 0) is 20.2 Å². The van der Waals surface area contributed by atoms with Crippen LogP contribution in [0.15, 0.2) is 65.1 Å². The van der Waals surface area contributed by atoms with Gasteiger partial charge < -0.3 is 0 Å². The Morgan fingerprint density at radius 1 is 1.10 bits per heavy atom. The lowest BCUT2D eigenvalue weighted by Crippen LogP contribution is -2.47. The number of benzene rings is 1. The zero-order chi connectivity index (χ0) is 22.4. The molecule has 3 N–H and O–H groups in total. The van der Waals surface area contributed by atoms with Gasteiger partial charge in [0, 0.05) is 11.6 Å². The third-order valence-electron chi connectivity index (χ3n) is 5.20. The lowest BCUT2D eigenvalue weighted by Gasteiger charge is -2.28. The molecule has 0 saturated carbocycles. The number of rotatable bonds is 4. The second-order valence-electron chi connectivity index (χ2n) is 8.60. The van der Waals surface area contributed by atoms with Crippen LogP contribution in [0.4, 0.5) is 5.82 Å². The van der Waals surface area contributed by atoms with Crippen molar-refractivity contribution in [2.45, 2.75) is 38.0 Å². The van der Waals surface area contributed by atoms with Crippen LogP contribution in [-0.4, -0.2) is 24.1 Å². The monoisotopic (exact) mass is 439 g/mol. The molecule has 1 amide bonds. The first kappa shape index (κ1) is 20.9. The minimum atomic E-state index is -3.84. The topological polar surface area (TPSA) is 105 Å². The zero-order valence-electron chi connectivity index (χ0n) is 17.8. The SMILES string of the molecule is Cc1cc(NS(=O)(=O)c2ccc(C(C)(C)C)cc2)n(C2=C3C=CC=CC3C(=O)NN2)n1. The molecule has 0 radical (unpaired) electrons. The summed E-state index contributed by atoms with van der Waals surface area (Å²) >= 11 is 0. The largest absolute Gasteiger partial charge is 0.281 e. The van der Waals surface area contributed by atoms with Crippen LogP contribution in [0.2, 0.25) is 0 Å². The van der Waals surface area contributed by atoms with Crippen LogP contribution < -0.4 is 15.6 Å². The Morgan fingerprint density at radius 2 is 1.81 bits per heavy atom. The van der Waals surface area contributed by atoms with Gasteiger partial charge in [0.1, 0.15) is 5.82 Å². The summed E-state index contributed by atoms with van der Waals surface area (Å²) in [4.78, 5) is 12.3. The smallest absolute Gasteiger partial charge is 0.263 e. The number of amides is 1. The molecule has 0 bridgehead atoms. The molecule has 1 aromatic heterocycles. The molecule has 31 heavy (non-hydrogen) atoms. The van der Waals surface area contributed by atoms with Crippen molar-refractivity contribution >= 4 is 27.6 Å². The summed E-state index contributed by atoms with van der Waals surface area (Å²) in [7, 11) is -3.84. The Morgan fingerprint density at radius 3 is 2.48 bits per heavy atom. The Kier molecular flexibility index (Phi) is 5.01. The van der Waals surface area contributed by atoms with Gasteiger partial charge in [0.15, 0.2) is 5.82 Å². The number of fused-ring (bicyclic) bond motifs is 1. The highest BCUT2D eigenvalue weighted by Crippen LogP contribution is 2.29. The van der Waals surface area contributed by atoms with Gasteiger partial charge >= 0.3 is 0 Å². The minimum absolute atomic E-state index is 0.0745. The van der Waals surface area contributed by atoms with Gasteiger partial charge in [-0.2, -0.15) is 9.78 Å². The van der Waals surface area contributed by atoms with Crippen LogP contribution >= 0.6 is 0 Å². The first-order valence-electron chi connectivity index (χ1n) is 9.91. The van der Waals surface area contributed by atoms with E-state index in [0.717, 1.165) is 5.56 Å². The number of nitrogens with zero attached hydrogens (tertiary/aromatic N) is 2. The summed E-state index contributed by atoms with van der Waals surface area (Å²) < 4.78 is 30.2. The van der Waals surface area contributed by atoms with Crippen LogP contribution in [0.25, 0.3) is 5.82 Å². The van der Waals surface area contributed by atoms with Crippen LogP contribution in [0.3, 0.4) is 0 Å². The summed E-state index contributed by atoms with van der Waals surface area (Å²) in [6, 6.07) is 8.49. The molecule has 162 valence electrons. The lowest BCUT2D eigenvalue weighted by molar-refractivity contribution is -0.123. The fourth-order valence-corrected chi connectivity index (χ4v) is 4.55. The second kappa shape index (κ2) is 7.42. The number of sulfonamides is 1. The average Bonchev–Trinajstić information content (AvgIpc) is 3.07. The average molecular weight is 440 g/mol. The van der Waals surface area contributed by atoms with E-state index in [1.165, 1.54) is 4.68 Å². The predicted molar refractivity (Wildman–Crippen MR) is 119 cm³/mol. The van der Waals surface area contributed by atoms with Crippen molar-refractivity contribution in [2.75, 3.05) is 4.72 Å². The maximum atomic E-state index is 13.1. The number of anilines is 1. The fourth-order valence-electron chi connectivity index (χ4n) is 3.52. The normalized spacial score (nSPS) is 18.5. The molecule has 2 aliphatic rings. The highest BCUT2D eigenvalue weighted by atomic mass is 32.2. The second-order valence-corrected chi connectivity index (χ2v) is 10.3. The quantitative estimate of drug-likeness (QED) is 0.679. The van der Waals surface area contributed by atoms with E-state index in [1.807, 2.05) is 24.3 Å². The van der Waals surface area contributed by atoms with Crippen molar-refractivity contribution < 1.29 is 13.2 Å². The van der Waals surface area contributed by atoms with Crippen LogP contribution in [0, 0.1) is 12.8 Å². The Balaban J connectivity index is 1.71. The molecule has 1 atom stereocenters.